The summed E-state index contributed by atoms with van der Waals surface area (Å²) in [6.07, 6.45) is -2.40. The maximum Gasteiger partial charge on any atom is 0.416 e. The average molecular weight is 370 g/mol. The summed E-state index contributed by atoms with van der Waals surface area (Å²) in [6, 6.07) is 2.20. The average Bonchev–Trinajstić information content (AvgIpc) is 3.22. The zero-order valence-corrected chi connectivity index (χ0v) is 13.3. The second-order valence-corrected chi connectivity index (χ2v) is 5.89. The molecule has 0 unspecified atom stereocenters. The Balaban J connectivity index is 1.87. The Labute approximate surface area is 144 Å². The summed E-state index contributed by atoms with van der Waals surface area (Å²) >= 11 is 0. The highest BCUT2D eigenvalue weighted by Crippen LogP contribution is 2.31. The van der Waals surface area contributed by atoms with E-state index in [2.05, 4.69) is 30.4 Å². The molecule has 3 aromatic rings. The third-order valence-electron chi connectivity index (χ3n) is 3.80. The van der Waals surface area contributed by atoms with Gasteiger partial charge in [0.2, 0.25) is 0 Å². The fraction of sp³-hybridized carbons (Fsp3) is 0.333. The topological polar surface area (TPSA) is 103 Å². The van der Waals surface area contributed by atoms with Gasteiger partial charge in [0.05, 0.1) is 11.2 Å². The van der Waals surface area contributed by atoms with Gasteiger partial charge < -0.3 is 5.11 Å². The first-order valence-corrected chi connectivity index (χ1v) is 7.52. The first-order valence-electron chi connectivity index (χ1n) is 7.52. The first kappa shape index (κ1) is 18.0. The minimum absolute atomic E-state index is 0.0634. The molecule has 11 heteroatoms. The molecule has 0 saturated heterocycles. The first-order chi connectivity index (χ1) is 12.3. The Kier molecular flexibility index (Phi) is 4.72. The van der Waals surface area contributed by atoms with Gasteiger partial charge in [0.25, 0.3) is 0 Å². The summed E-state index contributed by atoms with van der Waals surface area (Å²) < 4.78 is 52.2. The third kappa shape index (κ3) is 4.23. The predicted octanol–water partition coefficient (Wildman–Crippen LogP) is 1.84. The van der Waals surface area contributed by atoms with E-state index in [-0.39, 0.29) is 36.5 Å². The number of aromatic nitrogens is 6. The largest absolute Gasteiger partial charge is 0.416 e. The van der Waals surface area contributed by atoms with Gasteiger partial charge >= 0.3 is 6.18 Å². The van der Waals surface area contributed by atoms with Gasteiger partial charge in [0, 0.05) is 19.3 Å². The van der Waals surface area contributed by atoms with Crippen molar-refractivity contribution in [2.75, 3.05) is 0 Å². The minimum atomic E-state index is -4.65. The molecule has 1 aromatic carbocycles. The summed E-state index contributed by atoms with van der Waals surface area (Å²) in [7, 11) is 0. The number of H-pyrrole nitrogens is 2. The summed E-state index contributed by atoms with van der Waals surface area (Å²) in [4.78, 5) is 7.85. The van der Waals surface area contributed by atoms with E-state index in [4.69, 9.17) is 0 Å². The van der Waals surface area contributed by atoms with Crippen LogP contribution in [0.2, 0.25) is 0 Å². The maximum atomic E-state index is 14.2. The van der Waals surface area contributed by atoms with E-state index in [0.717, 1.165) is 12.1 Å². The summed E-state index contributed by atoms with van der Waals surface area (Å²) in [5.41, 5.74) is -2.75. The zero-order valence-electron chi connectivity index (χ0n) is 13.3. The number of hydrogen-bond acceptors (Lipinski definition) is 5. The summed E-state index contributed by atoms with van der Waals surface area (Å²) in [5, 5.41) is 23.7. The smallest absolute Gasteiger partial charge is 0.389 e. The molecule has 0 atom stereocenters. The van der Waals surface area contributed by atoms with Gasteiger partial charge in [-0.1, -0.05) is 6.07 Å². The van der Waals surface area contributed by atoms with Crippen LogP contribution in [0.15, 0.2) is 30.9 Å². The van der Waals surface area contributed by atoms with Crippen molar-refractivity contribution in [1.82, 2.24) is 30.4 Å². The number of hydrogen-bond donors (Lipinski definition) is 3. The molecule has 2 heterocycles. The van der Waals surface area contributed by atoms with E-state index >= 15 is 0 Å². The van der Waals surface area contributed by atoms with Crippen LogP contribution in [0.25, 0.3) is 0 Å². The molecule has 0 radical (unpaired) electrons. The van der Waals surface area contributed by atoms with Crippen LogP contribution < -0.4 is 0 Å². The fourth-order valence-corrected chi connectivity index (χ4v) is 2.64. The van der Waals surface area contributed by atoms with E-state index < -0.39 is 23.2 Å². The van der Waals surface area contributed by atoms with Gasteiger partial charge in [0.15, 0.2) is 11.6 Å². The second kappa shape index (κ2) is 6.83. The number of aliphatic hydroxyl groups is 1. The molecule has 7 nitrogen and oxygen atoms in total. The molecule has 0 spiro atoms. The molecule has 0 bridgehead atoms. The lowest BCUT2D eigenvalue weighted by atomic mass is 9.87. The molecule has 0 aliphatic rings. The highest BCUT2D eigenvalue weighted by Gasteiger charge is 2.34. The minimum Gasteiger partial charge on any atom is -0.389 e. The van der Waals surface area contributed by atoms with Crippen molar-refractivity contribution in [2.45, 2.75) is 31.0 Å². The predicted molar refractivity (Wildman–Crippen MR) is 80.2 cm³/mol. The van der Waals surface area contributed by atoms with Crippen LogP contribution in [0.1, 0.15) is 22.8 Å². The van der Waals surface area contributed by atoms with Crippen LogP contribution in [0.5, 0.6) is 0 Å². The number of rotatable bonds is 6. The SMILES string of the molecule is OC(Cc1nc[nH]n1)(Cc1nc[nH]n1)Cc1ccc(C(F)(F)F)cc1F. The van der Waals surface area contributed by atoms with E-state index in [1.165, 1.54) is 12.7 Å². The van der Waals surface area contributed by atoms with E-state index in [0.29, 0.717) is 6.07 Å². The Morgan fingerprint density at radius 1 is 0.923 bits per heavy atom. The summed E-state index contributed by atoms with van der Waals surface area (Å²) in [5.74, 6) is -0.506. The van der Waals surface area contributed by atoms with Crippen LogP contribution in [-0.4, -0.2) is 41.1 Å². The van der Waals surface area contributed by atoms with Gasteiger partial charge in [-0.25, -0.2) is 14.4 Å². The number of aromatic amines is 2. The number of nitrogens with one attached hydrogen (secondary N) is 2. The fourth-order valence-electron chi connectivity index (χ4n) is 2.64. The van der Waals surface area contributed by atoms with E-state index in [1.807, 2.05) is 0 Å². The van der Waals surface area contributed by atoms with Crippen molar-refractivity contribution in [3.63, 3.8) is 0 Å². The van der Waals surface area contributed by atoms with E-state index in [9.17, 15) is 22.7 Å². The van der Waals surface area contributed by atoms with Crippen molar-refractivity contribution in [3.05, 3.63) is 59.4 Å². The molecule has 3 rings (SSSR count). The molecular formula is C15H14F4N6O. The zero-order chi connectivity index (χ0) is 18.8. The Bertz CT molecular complexity index is 811. The molecule has 0 fully saturated rings. The van der Waals surface area contributed by atoms with Crippen molar-refractivity contribution in [3.8, 4) is 0 Å². The monoisotopic (exact) mass is 370 g/mol. The number of alkyl halides is 3. The molecule has 0 saturated carbocycles. The Morgan fingerprint density at radius 2 is 1.50 bits per heavy atom. The van der Waals surface area contributed by atoms with Crippen molar-refractivity contribution >= 4 is 0 Å². The van der Waals surface area contributed by atoms with Gasteiger partial charge in [-0.2, -0.15) is 23.4 Å². The molecule has 2 aromatic heterocycles. The Morgan fingerprint density at radius 3 is 1.92 bits per heavy atom. The number of nitrogens with zero attached hydrogens (tertiary/aromatic N) is 4. The molecular weight excluding hydrogens is 356 g/mol. The van der Waals surface area contributed by atoms with Gasteiger partial charge in [0.1, 0.15) is 18.5 Å². The van der Waals surface area contributed by atoms with Crippen molar-refractivity contribution in [1.29, 1.82) is 0 Å². The molecule has 138 valence electrons. The highest BCUT2D eigenvalue weighted by atomic mass is 19.4. The molecule has 26 heavy (non-hydrogen) atoms. The van der Waals surface area contributed by atoms with Gasteiger partial charge in [-0.3, -0.25) is 10.2 Å². The van der Waals surface area contributed by atoms with Gasteiger partial charge in [-0.05, 0) is 17.7 Å². The van der Waals surface area contributed by atoms with Crippen LogP contribution in [0.4, 0.5) is 17.6 Å². The van der Waals surface area contributed by atoms with Crippen LogP contribution >= 0.6 is 0 Å². The lowest BCUT2D eigenvalue weighted by Gasteiger charge is -2.26. The summed E-state index contributed by atoms with van der Waals surface area (Å²) in [6.45, 7) is 0. The molecule has 0 amide bonds. The van der Waals surface area contributed by atoms with Crippen LogP contribution in [0, 0.1) is 5.82 Å². The number of halogens is 4. The normalized spacial score (nSPS) is 12.5. The maximum absolute atomic E-state index is 14.2. The Hall–Kier alpha value is -2.82. The molecule has 3 N–H and O–H groups in total. The highest BCUT2D eigenvalue weighted by molar-refractivity contribution is 5.28. The molecule has 0 aliphatic heterocycles. The van der Waals surface area contributed by atoms with Gasteiger partial charge in [-0.15, -0.1) is 0 Å². The van der Waals surface area contributed by atoms with E-state index in [1.54, 1.807) is 0 Å². The quantitative estimate of drug-likeness (QED) is 0.575. The standard InChI is InChI=1S/C15H14F4N6O/c16-11-3-10(15(17,18)19)2-1-9(11)4-14(26,5-12-20-7-22-24-12)6-13-21-8-23-25-13/h1-3,7-8,26H,4-6H2,(H,20,22,24)(H,21,23,25). The number of benzene rings is 1. The van der Waals surface area contributed by atoms with Crippen LogP contribution in [0.3, 0.4) is 0 Å². The molecule has 0 aliphatic carbocycles. The third-order valence-corrected chi connectivity index (χ3v) is 3.80. The van der Waals surface area contributed by atoms with Crippen LogP contribution in [-0.2, 0) is 25.4 Å². The van der Waals surface area contributed by atoms with Crippen molar-refractivity contribution in [2.24, 2.45) is 0 Å². The second-order valence-electron chi connectivity index (χ2n) is 5.89. The lowest BCUT2D eigenvalue weighted by Crippen LogP contribution is -2.38. The lowest BCUT2D eigenvalue weighted by molar-refractivity contribution is -0.137. The van der Waals surface area contributed by atoms with Crippen molar-refractivity contribution < 1.29 is 22.7 Å².